The van der Waals surface area contributed by atoms with E-state index in [-0.39, 0.29) is 18.9 Å². The molecule has 2 aromatic carbocycles. The molecule has 0 atom stereocenters. The number of carbonyl (C=O) groups excluding carboxylic acids is 1. The van der Waals surface area contributed by atoms with Crippen molar-refractivity contribution >= 4 is 22.6 Å². The maximum Gasteiger partial charge on any atom is 0.228 e. The van der Waals surface area contributed by atoms with Gasteiger partial charge in [-0.15, -0.1) is 0 Å². The predicted molar refractivity (Wildman–Crippen MR) is 87.5 cm³/mol. The Morgan fingerprint density at radius 3 is 2.91 bits per heavy atom. The molecule has 3 aromatic rings. The van der Waals surface area contributed by atoms with Crippen LogP contribution in [0.25, 0.3) is 11.0 Å². The van der Waals surface area contributed by atoms with E-state index in [1.54, 1.807) is 43.7 Å². The van der Waals surface area contributed by atoms with Crippen LogP contribution in [0.5, 0.6) is 5.75 Å². The predicted octanol–water partition coefficient (Wildman–Crippen LogP) is 3.11. The van der Waals surface area contributed by atoms with E-state index in [2.05, 4.69) is 5.32 Å². The van der Waals surface area contributed by atoms with Crippen molar-refractivity contribution in [3.63, 3.8) is 0 Å². The highest BCUT2D eigenvalue weighted by molar-refractivity contribution is 5.95. The molecule has 0 fully saturated rings. The van der Waals surface area contributed by atoms with Crippen LogP contribution in [0.4, 0.5) is 5.69 Å². The molecule has 0 radical (unpaired) electrons. The molecule has 5 nitrogen and oxygen atoms in total. The Hall–Kier alpha value is -2.79. The van der Waals surface area contributed by atoms with Gasteiger partial charge in [-0.2, -0.15) is 0 Å². The number of carbonyl (C=O) groups is 1. The van der Waals surface area contributed by atoms with Gasteiger partial charge in [-0.25, -0.2) is 0 Å². The Bertz CT molecular complexity index is 838. The van der Waals surface area contributed by atoms with Gasteiger partial charge in [0.1, 0.15) is 11.3 Å². The van der Waals surface area contributed by atoms with Crippen molar-refractivity contribution in [2.45, 2.75) is 13.0 Å². The van der Waals surface area contributed by atoms with Crippen molar-refractivity contribution < 1.29 is 19.1 Å². The highest BCUT2D eigenvalue weighted by atomic mass is 16.5. The van der Waals surface area contributed by atoms with Gasteiger partial charge in [0, 0.05) is 22.7 Å². The van der Waals surface area contributed by atoms with Crippen LogP contribution in [0.2, 0.25) is 0 Å². The normalized spacial score (nSPS) is 10.7. The van der Waals surface area contributed by atoms with Crippen LogP contribution >= 0.6 is 0 Å². The van der Waals surface area contributed by atoms with Crippen LogP contribution < -0.4 is 10.1 Å². The van der Waals surface area contributed by atoms with E-state index in [0.717, 1.165) is 16.5 Å². The monoisotopic (exact) mass is 311 g/mol. The summed E-state index contributed by atoms with van der Waals surface area (Å²) in [6.07, 6.45) is 1.80. The van der Waals surface area contributed by atoms with E-state index >= 15 is 0 Å². The van der Waals surface area contributed by atoms with Crippen LogP contribution in [0.15, 0.2) is 53.1 Å². The van der Waals surface area contributed by atoms with Crippen LogP contribution in [0.3, 0.4) is 0 Å². The van der Waals surface area contributed by atoms with Gasteiger partial charge in [-0.3, -0.25) is 4.79 Å². The minimum Gasteiger partial charge on any atom is -0.497 e. The number of aliphatic hydroxyl groups excluding tert-OH is 1. The molecule has 0 aliphatic heterocycles. The topological polar surface area (TPSA) is 71.7 Å². The zero-order valence-corrected chi connectivity index (χ0v) is 12.7. The molecule has 118 valence electrons. The van der Waals surface area contributed by atoms with Crippen LogP contribution in [-0.4, -0.2) is 18.1 Å². The molecule has 0 aliphatic carbocycles. The van der Waals surface area contributed by atoms with Crippen LogP contribution in [0.1, 0.15) is 11.1 Å². The second-order valence-corrected chi connectivity index (χ2v) is 5.21. The summed E-state index contributed by atoms with van der Waals surface area (Å²) >= 11 is 0. The van der Waals surface area contributed by atoms with E-state index in [0.29, 0.717) is 17.0 Å². The average molecular weight is 311 g/mol. The van der Waals surface area contributed by atoms with Gasteiger partial charge in [0.2, 0.25) is 5.91 Å². The highest BCUT2D eigenvalue weighted by Crippen LogP contribution is 2.26. The molecule has 0 saturated carbocycles. The third kappa shape index (κ3) is 3.35. The van der Waals surface area contributed by atoms with E-state index in [9.17, 15) is 4.79 Å². The number of fused-ring (bicyclic) bond motifs is 1. The van der Waals surface area contributed by atoms with Gasteiger partial charge in [-0.05, 0) is 29.8 Å². The molecule has 2 N–H and O–H groups in total. The third-order valence-corrected chi connectivity index (χ3v) is 3.61. The number of nitrogens with one attached hydrogen (secondary N) is 1. The molecule has 23 heavy (non-hydrogen) atoms. The SMILES string of the molecule is COc1ccc2c(CC(=O)Nc3cccc(CO)c3)coc2c1. The standard InChI is InChI=1S/C18H17NO4/c1-22-15-5-6-16-13(11-23-17(16)9-15)8-18(21)19-14-4-2-3-12(7-14)10-20/h2-7,9,11,20H,8,10H2,1H3,(H,19,21). The number of methoxy groups -OCH3 is 1. The first kappa shape index (κ1) is 15.1. The molecule has 3 rings (SSSR count). The zero-order chi connectivity index (χ0) is 16.2. The lowest BCUT2D eigenvalue weighted by Crippen LogP contribution is -2.14. The highest BCUT2D eigenvalue weighted by Gasteiger charge is 2.11. The minimum absolute atomic E-state index is 0.0576. The fourth-order valence-electron chi connectivity index (χ4n) is 2.45. The van der Waals surface area contributed by atoms with Crippen molar-refractivity contribution in [2.24, 2.45) is 0 Å². The fourth-order valence-corrected chi connectivity index (χ4v) is 2.45. The van der Waals surface area contributed by atoms with Crippen molar-refractivity contribution in [3.8, 4) is 5.75 Å². The number of furan rings is 1. The fraction of sp³-hybridized carbons (Fsp3) is 0.167. The van der Waals surface area contributed by atoms with E-state index in [4.69, 9.17) is 14.3 Å². The van der Waals surface area contributed by atoms with Crippen LogP contribution in [-0.2, 0) is 17.8 Å². The number of benzene rings is 2. The van der Waals surface area contributed by atoms with Gasteiger partial charge in [-0.1, -0.05) is 12.1 Å². The van der Waals surface area contributed by atoms with Crippen molar-refractivity contribution in [3.05, 3.63) is 59.9 Å². The number of anilines is 1. The van der Waals surface area contributed by atoms with Gasteiger partial charge >= 0.3 is 0 Å². The molecule has 1 aromatic heterocycles. The second-order valence-electron chi connectivity index (χ2n) is 5.21. The Morgan fingerprint density at radius 2 is 2.13 bits per heavy atom. The maximum absolute atomic E-state index is 12.2. The number of rotatable bonds is 5. The largest absolute Gasteiger partial charge is 0.497 e. The lowest BCUT2D eigenvalue weighted by Gasteiger charge is -2.06. The lowest BCUT2D eigenvalue weighted by atomic mass is 10.1. The lowest BCUT2D eigenvalue weighted by molar-refractivity contribution is -0.115. The number of hydrogen-bond donors (Lipinski definition) is 2. The van der Waals surface area contributed by atoms with Crippen molar-refractivity contribution in [1.82, 2.24) is 0 Å². The molecule has 0 bridgehead atoms. The first-order valence-corrected chi connectivity index (χ1v) is 7.23. The molecule has 0 spiro atoms. The van der Waals surface area contributed by atoms with Gasteiger partial charge in [0.05, 0.1) is 26.4 Å². The number of ether oxygens (including phenoxy) is 1. The van der Waals surface area contributed by atoms with Gasteiger partial charge < -0.3 is 19.6 Å². The Kier molecular flexibility index (Phi) is 4.30. The molecule has 0 unspecified atom stereocenters. The molecular weight excluding hydrogens is 294 g/mol. The first-order chi connectivity index (χ1) is 11.2. The number of amides is 1. The van der Waals surface area contributed by atoms with Crippen molar-refractivity contribution in [2.75, 3.05) is 12.4 Å². The summed E-state index contributed by atoms with van der Waals surface area (Å²) in [5, 5.41) is 12.8. The van der Waals surface area contributed by atoms with E-state index in [1.807, 2.05) is 12.1 Å². The van der Waals surface area contributed by atoms with E-state index in [1.165, 1.54) is 0 Å². The molecular formula is C18H17NO4. The Labute approximate surface area is 133 Å². The Balaban J connectivity index is 1.75. The molecule has 1 heterocycles. The van der Waals surface area contributed by atoms with Gasteiger partial charge in [0.15, 0.2) is 0 Å². The molecule has 0 aliphatic rings. The minimum atomic E-state index is -0.140. The summed E-state index contributed by atoms with van der Waals surface area (Å²) in [6, 6.07) is 12.6. The summed E-state index contributed by atoms with van der Waals surface area (Å²) in [5.74, 6) is 0.572. The number of aliphatic hydroxyl groups is 1. The van der Waals surface area contributed by atoms with Gasteiger partial charge in [0.25, 0.3) is 0 Å². The summed E-state index contributed by atoms with van der Waals surface area (Å²) in [5.41, 5.74) is 2.92. The average Bonchev–Trinajstić information content (AvgIpc) is 2.97. The molecule has 5 heteroatoms. The third-order valence-electron chi connectivity index (χ3n) is 3.61. The molecule has 1 amide bonds. The first-order valence-electron chi connectivity index (χ1n) is 7.23. The summed E-state index contributed by atoms with van der Waals surface area (Å²) in [6.45, 7) is -0.0576. The molecule has 0 saturated heterocycles. The van der Waals surface area contributed by atoms with E-state index < -0.39 is 0 Å². The maximum atomic E-state index is 12.2. The van der Waals surface area contributed by atoms with Crippen molar-refractivity contribution in [1.29, 1.82) is 0 Å². The summed E-state index contributed by atoms with van der Waals surface area (Å²) in [7, 11) is 1.60. The summed E-state index contributed by atoms with van der Waals surface area (Å²) in [4.78, 5) is 12.2. The smallest absolute Gasteiger partial charge is 0.228 e. The summed E-state index contributed by atoms with van der Waals surface area (Å²) < 4.78 is 10.6. The number of hydrogen-bond acceptors (Lipinski definition) is 4. The Morgan fingerprint density at radius 1 is 1.26 bits per heavy atom. The second kappa shape index (κ2) is 6.54. The van der Waals surface area contributed by atoms with Crippen LogP contribution in [0, 0.1) is 0 Å². The zero-order valence-electron chi connectivity index (χ0n) is 12.7. The quantitative estimate of drug-likeness (QED) is 0.759.